The number of amides is 1. The fraction of sp³-hybridized carbons (Fsp3) is 0.286. The Morgan fingerprint density at radius 3 is 2.83 bits per heavy atom. The van der Waals surface area contributed by atoms with Gasteiger partial charge < -0.3 is 4.90 Å². The molecular weight excluding hydrogens is 226 g/mol. The zero-order valence-electron chi connectivity index (χ0n) is 10.5. The molecule has 1 aromatic carbocycles. The van der Waals surface area contributed by atoms with Crippen molar-refractivity contribution in [3.05, 3.63) is 46.8 Å². The Labute approximate surface area is 106 Å². The predicted octanol–water partition coefficient (Wildman–Crippen LogP) is 2.23. The van der Waals surface area contributed by atoms with Gasteiger partial charge in [0.2, 0.25) is 0 Å². The van der Waals surface area contributed by atoms with Gasteiger partial charge in [0.25, 0.3) is 5.91 Å². The van der Waals surface area contributed by atoms with E-state index >= 15 is 0 Å². The number of rotatable bonds is 1. The number of aromatic amines is 1. The summed E-state index contributed by atoms with van der Waals surface area (Å²) >= 11 is 0. The van der Waals surface area contributed by atoms with Crippen molar-refractivity contribution in [2.24, 2.45) is 0 Å². The quantitative estimate of drug-likeness (QED) is 0.832. The third-order valence-corrected chi connectivity index (χ3v) is 3.59. The van der Waals surface area contributed by atoms with Gasteiger partial charge in [0.15, 0.2) is 5.69 Å². The van der Waals surface area contributed by atoms with Crippen LogP contribution in [0.4, 0.5) is 5.69 Å². The second-order valence-electron chi connectivity index (χ2n) is 4.66. The lowest BCUT2D eigenvalue weighted by Crippen LogP contribution is -2.29. The molecule has 18 heavy (non-hydrogen) atoms. The average molecular weight is 241 g/mol. The van der Waals surface area contributed by atoms with Gasteiger partial charge >= 0.3 is 0 Å². The second kappa shape index (κ2) is 3.98. The Morgan fingerprint density at radius 2 is 2.11 bits per heavy atom. The standard InChI is InChI=1S/C14H15N3O/c1-9-10(2)15-16-13(9)14(18)17-8-7-11-5-3-4-6-12(11)17/h3-6H,7-8H2,1-2H3,(H,15,16). The van der Waals surface area contributed by atoms with Crippen LogP contribution in [0.15, 0.2) is 24.3 Å². The number of hydrogen-bond donors (Lipinski definition) is 1. The first-order valence-corrected chi connectivity index (χ1v) is 6.10. The summed E-state index contributed by atoms with van der Waals surface area (Å²) in [7, 11) is 0. The van der Waals surface area contributed by atoms with Crippen molar-refractivity contribution in [1.29, 1.82) is 0 Å². The molecule has 2 aromatic rings. The zero-order chi connectivity index (χ0) is 12.7. The van der Waals surface area contributed by atoms with Gasteiger partial charge in [-0.15, -0.1) is 0 Å². The van der Waals surface area contributed by atoms with Crippen LogP contribution < -0.4 is 4.90 Å². The van der Waals surface area contributed by atoms with E-state index in [1.54, 1.807) is 0 Å². The van der Waals surface area contributed by atoms with Crippen molar-refractivity contribution in [2.75, 3.05) is 11.4 Å². The Morgan fingerprint density at radius 1 is 1.33 bits per heavy atom. The van der Waals surface area contributed by atoms with E-state index in [9.17, 15) is 4.79 Å². The summed E-state index contributed by atoms with van der Waals surface area (Å²) in [5.41, 5.74) is 4.66. The number of hydrogen-bond acceptors (Lipinski definition) is 2. The number of carbonyl (C=O) groups is 1. The summed E-state index contributed by atoms with van der Waals surface area (Å²) in [5.74, 6) is -0.0122. The van der Waals surface area contributed by atoms with Crippen LogP contribution in [-0.4, -0.2) is 22.6 Å². The van der Waals surface area contributed by atoms with E-state index in [1.165, 1.54) is 5.56 Å². The molecule has 0 radical (unpaired) electrons. The third-order valence-electron chi connectivity index (χ3n) is 3.59. The highest BCUT2D eigenvalue weighted by Crippen LogP contribution is 2.29. The SMILES string of the molecule is Cc1[nH]nc(C(=O)N2CCc3ccccc32)c1C. The molecule has 3 rings (SSSR count). The van der Waals surface area contributed by atoms with E-state index in [4.69, 9.17) is 0 Å². The molecule has 4 heteroatoms. The Balaban J connectivity index is 1.98. The van der Waals surface area contributed by atoms with Gasteiger partial charge in [-0.25, -0.2) is 0 Å². The van der Waals surface area contributed by atoms with Gasteiger partial charge in [-0.3, -0.25) is 9.89 Å². The molecule has 0 aliphatic carbocycles. The molecule has 1 amide bonds. The van der Waals surface area contributed by atoms with Crippen molar-refractivity contribution in [1.82, 2.24) is 10.2 Å². The van der Waals surface area contributed by atoms with E-state index in [0.29, 0.717) is 5.69 Å². The van der Waals surface area contributed by atoms with Crippen LogP contribution in [0.3, 0.4) is 0 Å². The number of anilines is 1. The number of nitrogens with one attached hydrogen (secondary N) is 1. The average Bonchev–Trinajstić information content (AvgIpc) is 2.94. The van der Waals surface area contributed by atoms with Gasteiger partial charge in [0.1, 0.15) is 0 Å². The third kappa shape index (κ3) is 1.53. The molecule has 0 saturated heterocycles. The Kier molecular flexibility index (Phi) is 2.44. The molecule has 1 N–H and O–H groups in total. The zero-order valence-corrected chi connectivity index (χ0v) is 10.5. The van der Waals surface area contributed by atoms with E-state index in [2.05, 4.69) is 16.3 Å². The molecular formula is C14H15N3O. The summed E-state index contributed by atoms with van der Waals surface area (Å²) in [6.07, 6.45) is 0.921. The fourth-order valence-electron chi connectivity index (χ4n) is 2.37. The molecule has 1 aliphatic rings. The first-order valence-electron chi connectivity index (χ1n) is 6.10. The van der Waals surface area contributed by atoms with Crippen LogP contribution in [0.1, 0.15) is 27.3 Å². The molecule has 0 spiro atoms. The maximum atomic E-state index is 12.5. The van der Waals surface area contributed by atoms with E-state index in [0.717, 1.165) is 29.9 Å². The molecule has 0 saturated carbocycles. The fourth-order valence-corrected chi connectivity index (χ4v) is 2.37. The first-order chi connectivity index (χ1) is 8.68. The van der Waals surface area contributed by atoms with Gasteiger partial charge in [-0.1, -0.05) is 18.2 Å². The highest BCUT2D eigenvalue weighted by molar-refractivity contribution is 6.06. The number of benzene rings is 1. The van der Waals surface area contributed by atoms with E-state index in [-0.39, 0.29) is 5.91 Å². The molecule has 2 heterocycles. The van der Waals surface area contributed by atoms with Crippen LogP contribution in [0.2, 0.25) is 0 Å². The number of para-hydroxylation sites is 1. The summed E-state index contributed by atoms with van der Waals surface area (Å²) in [6, 6.07) is 8.05. The number of H-pyrrole nitrogens is 1. The lowest BCUT2D eigenvalue weighted by molar-refractivity contribution is 0.0984. The van der Waals surface area contributed by atoms with Crippen molar-refractivity contribution < 1.29 is 4.79 Å². The number of aromatic nitrogens is 2. The van der Waals surface area contributed by atoms with Crippen LogP contribution >= 0.6 is 0 Å². The summed E-state index contributed by atoms with van der Waals surface area (Å²) in [5, 5.41) is 6.98. The lowest BCUT2D eigenvalue weighted by atomic mass is 10.1. The monoisotopic (exact) mass is 241 g/mol. The van der Waals surface area contributed by atoms with Crippen molar-refractivity contribution in [3.63, 3.8) is 0 Å². The minimum absolute atomic E-state index is 0.0122. The molecule has 92 valence electrons. The summed E-state index contributed by atoms with van der Waals surface area (Å²) in [6.45, 7) is 4.59. The largest absolute Gasteiger partial charge is 0.306 e. The maximum Gasteiger partial charge on any atom is 0.279 e. The number of aryl methyl sites for hydroxylation is 1. The van der Waals surface area contributed by atoms with E-state index in [1.807, 2.05) is 36.9 Å². The van der Waals surface area contributed by atoms with Crippen LogP contribution in [0.25, 0.3) is 0 Å². The minimum Gasteiger partial charge on any atom is -0.306 e. The molecule has 0 unspecified atom stereocenters. The van der Waals surface area contributed by atoms with Crippen molar-refractivity contribution in [3.8, 4) is 0 Å². The molecule has 4 nitrogen and oxygen atoms in total. The normalized spacial score (nSPS) is 13.8. The van der Waals surface area contributed by atoms with E-state index < -0.39 is 0 Å². The van der Waals surface area contributed by atoms with Crippen molar-refractivity contribution in [2.45, 2.75) is 20.3 Å². The number of carbonyl (C=O) groups excluding carboxylic acids is 1. The highest BCUT2D eigenvalue weighted by Gasteiger charge is 2.27. The smallest absolute Gasteiger partial charge is 0.279 e. The van der Waals surface area contributed by atoms with Gasteiger partial charge in [-0.05, 0) is 31.9 Å². The second-order valence-corrected chi connectivity index (χ2v) is 4.66. The van der Waals surface area contributed by atoms with Crippen LogP contribution in [0, 0.1) is 13.8 Å². The Hall–Kier alpha value is -2.10. The molecule has 1 aliphatic heterocycles. The van der Waals surface area contributed by atoms with Crippen molar-refractivity contribution >= 4 is 11.6 Å². The van der Waals surface area contributed by atoms with Gasteiger partial charge in [0, 0.05) is 23.5 Å². The summed E-state index contributed by atoms with van der Waals surface area (Å²) < 4.78 is 0. The predicted molar refractivity (Wildman–Crippen MR) is 69.9 cm³/mol. The maximum absolute atomic E-state index is 12.5. The molecule has 0 bridgehead atoms. The first kappa shape index (κ1) is 11.0. The van der Waals surface area contributed by atoms with Gasteiger partial charge in [-0.2, -0.15) is 5.10 Å². The van der Waals surface area contributed by atoms with Crippen LogP contribution in [0.5, 0.6) is 0 Å². The molecule has 1 aromatic heterocycles. The van der Waals surface area contributed by atoms with Crippen LogP contribution in [-0.2, 0) is 6.42 Å². The number of nitrogens with zero attached hydrogens (tertiary/aromatic N) is 2. The lowest BCUT2D eigenvalue weighted by Gasteiger charge is -2.16. The minimum atomic E-state index is -0.0122. The molecule has 0 fully saturated rings. The summed E-state index contributed by atoms with van der Waals surface area (Å²) in [4.78, 5) is 14.3. The topological polar surface area (TPSA) is 49.0 Å². The highest BCUT2D eigenvalue weighted by atomic mass is 16.2. The number of fused-ring (bicyclic) bond motifs is 1. The molecule has 0 atom stereocenters. The van der Waals surface area contributed by atoms with Gasteiger partial charge in [0.05, 0.1) is 0 Å². The Bertz CT molecular complexity index is 615.